The minimum absolute atomic E-state index is 0.0895. The fourth-order valence-corrected chi connectivity index (χ4v) is 2.65. The van der Waals surface area contributed by atoms with Crippen LogP contribution in [0.15, 0.2) is 48.8 Å². The van der Waals surface area contributed by atoms with Crippen LogP contribution in [0.5, 0.6) is 0 Å². The minimum atomic E-state index is -0.146. The molecule has 0 saturated heterocycles. The van der Waals surface area contributed by atoms with Gasteiger partial charge in [-0.2, -0.15) is 0 Å². The molecule has 0 saturated carbocycles. The summed E-state index contributed by atoms with van der Waals surface area (Å²) < 4.78 is 0. The van der Waals surface area contributed by atoms with Gasteiger partial charge in [-0.1, -0.05) is 31.5 Å². The molecule has 0 bridgehead atoms. The van der Waals surface area contributed by atoms with E-state index in [-0.39, 0.29) is 12.1 Å². The first kappa shape index (κ1) is 13.6. The van der Waals surface area contributed by atoms with E-state index in [9.17, 15) is 4.79 Å². The normalized spacial score (nSPS) is 17.3. The molecule has 1 aromatic heterocycles. The number of carbonyl (C=O) groups is 1. The standard InChI is InChI=1S/C17H19N3O/c1-2-3-11-20-16(13-7-6-10-18-12-13)19-15-9-5-4-8-14(15)17(20)21/h4-10,12,16,19H,2-3,11H2,1H3. The van der Waals surface area contributed by atoms with E-state index in [4.69, 9.17) is 0 Å². The van der Waals surface area contributed by atoms with E-state index in [1.165, 1.54) is 0 Å². The maximum atomic E-state index is 12.8. The third-order valence-corrected chi connectivity index (χ3v) is 3.77. The number of para-hydroxylation sites is 1. The number of unbranched alkanes of at least 4 members (excludes halogenated alkanes) is 1. The number of pyridine rings is 1. The number of nitrogens with zero attached hydrogens (tertiary/aromatic N) is 2. The molecule has 2 heterocycles. The Labute approximate surface area is 124 Å². The van der Waals surface area contributed by atoms with Crippen molar-refractivity contribution in [2.24, 2.45) is 0 Å². The van der Waals surface area contributed by atoms with Crippen molar-refractivity contribution >= 4 is 11.6 Å². The van der Waals surface area contributed by atoms with Gasteiger partial charge in [0.15, 0.2) is 0 Å². The molecular weight excluding hydrogens is 262 g/mol. The number of amides is 1. The predicted molar refractivity (Wildman–Crippen MR) is 83.0 cm³/mol. The quantitative estimate of drug-likeness (QED) is 0.933. The van der Waals surface area contributed by atoms with Crippen molar-refractivity contribution in [2.75, 3.05) is 11.9 Å². The van der Waals surface area contributed by atoms with E-state index in [1.54, 1.807) is 6.20 Å². The molecule has 108 valence electrons. The fourth-order valence-electron chi connectivity index (χ4n) is 2.65. The van der Waals surface area contributed by atoms with Crippen LogP contribution < -0.4 is 5.32 Å². The highest BCUT2D eigenvalue weighted by atomic mass is 16.2. The lowest BCUT2D eigenvalue weighted by molar-refractivity contribution is 0.0680. The summed E-state index contributed by atoms with van der Waals surface area (Å²) >= 11 is 0. The number of hydrogen-bond donors (Lipinski definition) is 1. The summed E-state index contributed by atoms with van der Waals surface area (Å²) in [5.74, 6) is 0.0895. The largest absolute Gasteiger partial charge is 0.361 e. The van der Waals surface area contributed by atoms with Gasteiger partial charge >= 0.3 is 0 Å². The van der Waals surface area contributed by atoms with E-state index in [1.807, 2.05) is 47.5 Å². The number of anilines is 1. The van der Waals surface area contributed by atoms with Crippen LogP contribution in [0.4, 0.5) is 5.69 Å². The van der Waals surface area contributed by atoms with Crippen LogP contribution in [-0.4, -0.2) is 22.3 Å². The van der Waals surface area contributed by atoms with Crippen LogP contribution >= 0.6 is 0 Å². The number of aromatic nitrogens is 1. The van der Waals surface area contributed by atoms with Gasteiger partial charge in [0.2, 0.25) is 0 Å². The van der Waals surface area contributed by atoms with Crippen LogP contribution in [0.2, 0.25) is 0 Å². The van der Waals surface area contributed by atoms with Crippen LogP contribution in [-0.2, 0) is 0 Å². The third-order valence-electron chi connectivity index (χ3n) is 3.77. The molecule has 1 aliphatic rings. The van der Waals surface area contributed by atoms with E-state index in [2.05, 4.69) is 17.2 Å². The summed E-state index contributed by atoms with van der Waals surface area (Å²) in [4.78, 5) is 18.9. The van der Waals surface area contributed by atoms with Crippen LogP contribution in [0.25, 0.3) is 0 Å². The Balaban J connectivity index is 1.99. The molecule has 1 unspecified atom stereocenters. The molecule has 0 spiro atoms. The van der Waals surface area contributed by atoms with E-state index in [0.717, 1.165) is 36.2 Å². The molecule has 0 aliphatic carbocycles. The first-order valence-electron chi connectivity index (χ1n) is 7.37. The maximum absolute atomic E-state index is 12.8. The molecule has 1 amide bonds. The highest BCUT2D eigenvalue weighted by Gasteiger charge is 2.32. The Morgan fingerprint density at radius 2 is 2.10 bits per heavy atom. The molecule has 4 nitrogen and oxygen atoms in total. The molecule has 1 aromatic carbocycles. The summed E-state index contributed by atoms with van der Waals surface area (Å²) in [5, 5.41) is 3.47. The topological polar surface area (TPSA) is 45.2 Å². The monoisotopic (exact) mass is 281 g/mol. The molecule has 2 aromatic rings. The van der Waals surface area contributed by atoms with E-state index in [0.29, 0.717) is 0 Å². The van der Waals surface area contributed by atoms with Crippen LogP contribution in [0, 0.1) is 0 Å². The Morgan fingerprint density at radius 1 is 1.24 bits per heavy atom. The Bertz CT molecular complexity index is 627. The number of rotatable bonds is 4. The summed E-state index contributed by atoms with van der Waals surface area (Å²) in [6.07, 6.45) is 5.47. The summed E-state index contributed by atoms with van der Waals surface area (Å²) in [6, 6.07) is 11.6. The second-order valence-corrected chi connectivity index (χ2v) is 5.23. The summed E-state index contributed by atoms with van der Waals surface area (Å²) in [5.41, 5.74) is 2.65. The predicted octanol–water partition coefficient (Wildman–Crippen LogP) is 3.45. The van der Waals surface area contributed by atoms with Gasteiger partial charge in [-0.3, -0.25) is 9.78 Å². The van der Waals surface area contributed by atoms with Crippen molar-refractivity contribution in [3.05, 3.63) is 59.9 Å². The van der Waals surface area contributed by atoms with Crippen molar-refractivity contribution in [1.29, 1.82) is 0 Å². The van der Waals surface area contributed by atoms with Gasteiger partial charge in [0.1, 0.15) is 6.17 Å². The lowest BCUT2D eigenvalue weighted by atomic mass is 10.0. The molecular formula is C17H19N3O. The molecule has 1 atom stereocenters. The Kier molecular flexibility index (Phi) is 3.86. The van der Waals surface area contributed by atoms with Crippen LogP contribution in [0.1, 0.15) is 41.9 Å². The van der Waals surface area contributed by atoms with Gasteiger partial charge in [0, 0.05) is 30.2 Å². The van der Waals surface area contributed by atoms with Crippen molar-refractivity contribution in [1.82, 2.24) is 9.88 Å². The number of nitrogens with one attached hydrogen (secondary N) is 1. The fraction of sp³-hybridized carbons (Fsp3) is 0.294. The summed E-state index contributed by atoms with van der Waals surface area (Å²) in [6.45, 7) is 2.88. The van der Waals surface area contributed by atoms with Gasteiger partial charge in [-0.05, 0) is 24.6 Å². The Hall–Kier alpha value is -2.36. The van der Waals surface area contributed by atoms with Gasteiger partial charge in [0.05, 0.1) is 5.56 Å². The molecule has 0 fully saturated rings. The zero-order valence-corrected chi connectivity index (χ0v) is 12.1. The third kappa shape index (κ3) is 2.61. The van der Waals surface area contributed by atoms with Crippen molar-refractivity contribution in [3.63, 3.8) is 0 Å². The second-order valence-electron chi connectivity index (χ2n) is 5.23. The first-order chi connectivity index (χ1) is 10.3. The number of benzene rings is 1. The minimum Gasteiger partial charge on any atom is -0.361 e. The lowest BCUT2D eigenvalue weighted by Gasteiger charge is -2.38. The molecule has 1 aliphatic heterocycles. The second kappa shape index (κ2) is 5.95. The molecule has 3 rings (SSSR count). The molecule has 4 heteroatoms. The van der Waals surface area contributed by atoms with Gasteiger partial charge in [0.25, 0.3) is 5.91 Å². The average molecular weight is 281 g/mol. The molecule has 21 heavy (non-hydrogen) atoms. The van der Waals surface area contributed by atoms with Crippen molar-refractivity contribution in [2.45, 2.75) is 25.9 Å². The highest BCUT2D eigenvalue weighted by Crippen LogP contribution is 2.32. The zero-order valence-electron chi connectivity index (χ0n) is 12.1. The van der Waals surface area contributed by atoms with Gasteiger partial charge < -0.3 is 10.2 Å². The van der Waals surface area contributed by atoms with Gasteiger partial charge in [-0.25, -0.2) is 0 Å². The Morgan fingerprint density at radius 3 is 2.86 bits per heavy atom. The number of fused-ring (bicyclic) bond motifs is 1. The number of hydrogen-bond acceptors (Lipinski definition) is 3. The van der Waals surface area contributed by atoms with Crippen LogP contribution in [0.3, 0.4) is 0 Å². The maximum Gasteiger partial charge on any atom is 0.257 e. The highest BCUT2D eigenvalue weighted by molar-refractivity contribution is 6.01. The molecule has 0 radical (unpaired) electrons. The molecule has 1 N–H and O–H groups in total. The first-order valence-corrected chi connectivity index (χ1v) is 7.37. The number of carbonyl (C=O) groups excluding carboxylic acids is 1. The average Bonchev–Trinajstić information content (AvgIpc) is 2.55. The van der Waals surface area contributed by atoms with E-state index >= 15 is 0 Å². The smallest absolute Gasteiger partial charge is 0.257 e. The lowest BCUT2D eigenvalue weighted by Crippen LogP contribution is -2.43. The summed E-state index contributed by atoms with van der Waals surface area (Å²) in [7, 11) is 0. The SMILES string of the molecule is CCCCN1C(=O)c2ccccc2NC1c1cccnc1. The van der Waals surface area contributed by atoms with E-state index < -0.39 is 0 Å². The van der Waals surface area contributed by atoms with Crippen molar-refractivity contribution < 1.29 is 4.79 Å². The van der Waals surface area contributed by atoms with Gasteiger partial charge in [-0.15, -0.1) is 0 Å². The van der Waals surface area contributed by atoms with Crippen molar-refractivity contribution in [3.8, 4) is 0 Å². The zero-order chi connectivity index (χ0) is 14.7.